The van der Waals surface area contributed by atoms with Crippen LogP contribution in [-0.4, -0.2) is 5.11 Å². The first-order valence-electron chi connectivity index (χ1n) is 5.19. The average molecular weight is 451 g/mol. The number of hydrogen-bond donors (Lipinski definition) is 1. The Balaban J connectivity index is 2.46. The largest absolute Gasteiger partial charge is 0.416 e. The van der Waals surface area contributed by atoms with Crippen LogP contribution in [0.1, 0.15) is 22.1 Å². The summed E-state index contributed by atoms with van der Waals surface area (Å²) in [5.41, 5.74) is -0.665. The zero-order valence-electron chi connectivity index (χ0n) is 9.51. The van der Waals surface area contributed by atoms with Crippen molar-refractivity contribution in [2.24, 2.45) is 0 Å². The molecule has 0 aliphatic carbocycles. The van der Waals surface area contributed by atoms with Crippen molar-refractivity contribution >= 4 is 54.8 Å². The molecule has 0 fully saturated rings. The van der Waals surface area contributed by atoms with Gasteiger partial charge in [0.15, 0.2) is 0 Å². The highest BCUT2D eigenvalue weighted by Gasteiger charge is 2.32. The van der Waals surface area contributed by atoms with Gasteiger partial charge in [0.1, 0.15) is 6.10 Å². The van der Waals surface area contributed by atoms with Crippen LogP contribution in [0, 0.1) is 0 Å². The lowest BCUT2D eigenvalue weighted by Crippen LogP contribution is -2.07. The van der Waals surface area contributed by atoms with Gasteiger partial charge in [-0.05, 0) is 40.2 Å². The molecule has 2 aromatic rings. The molecule has 20 heavy (non-hydrogen) atoms. The van der Waals surface area contributed by atoms with E-state index in [1.54, 1.807) is 0 Å². The molecule has 0 saturated carbocycles. The van der Waals surface area contributed by atoms with Crippen LogP contribution in [0.3, 0.4) is 0 Å². The first-order chi connectivity index (χ1) is 9.20. The molecule has 1 N–H and O–H groups in total. The molecule has 0 bridgehead atoms. The Bertz CT molecular complexity index is 623. The number of aliphatic hydroxyl groups excluding tert-OH is 1. The van der Waals surface area contributed by atoms with Crippen molar-refractivity contribution in [2.45, 2.75) is 12.3 Å². The number of aliphatic hydroxyl groups is 1. The van der Waals surface area contributed by atoms with Gasteiger partial charge in [-0.1, -0.05) is 27.5 Å². The molecule has 1 aromatic heterocycles. The van der Waals surface area contributed by atoms with Crippen molar-refractivity contribution in [3.8, 4) is 0 Å². The maximum Gasteiger partial charge on any atom is 0.416 e. The summed E-state index contributed by atoms with van der Waals surface area (Å²) < 4.78 is 39.2. The van der Waals surface area contributed by atoms with Crippen LogP contribution in [0.5, 0.6) is 0 Å². The third kappa shape index (κ3) is 3.39. The molecule has 1 unspecified atom stereocenters. The summed E-state index contributed by atoms with van der Waals surface area (Å²) >= 11 is 13.4. The monoisotopic (exact) mass is 448 g/mol. The summed E-state index contributed by atoms with van der Waals surface area (Å²) in [4.78, 5) is 0.460. The number of thiophene rings is 1. The summed E-state index contributed by atoms with van der Waals surface area (Å²) in [6.07, 6.45) is -5.64. The van der Waals surface area contributed by atoms with Gasteiger partial charge in [0.05, 0.1) is 14.4 Å². The molecule has 108 valence electrons. The number of halogens is 6. The SMILES string of the molecule is OC(c1cc(Cl)c(Br)s1)c1cc(C(F)(F)F)ccc1Br. The molecule has 1 aromatic carbocycles. The van der Waals surface area contributed by atoms with E-state index in [1.807, 2.05) is 0 Å². The molecule has 1 nitrogen and oxygen atoms in total. The second-order valence-corrected chi connectivity index (χ2v) is 7.57. The highest BCUT2D eigenvalue weighted by molar-refractivity contribution is 9.11. The van der Waals surface area contributed by atoms with Crippen molar-refractivity contribution in [1.29, 1.82) is 0 Å². The second kappa shape index (κ2) is 5.96. The smallest absolute Gasteiger partial charge is 0.383 e. The molecule has 0 aliphatic heterocycles. The van der Waals surface area contributed by atoms with Crippen LogP contribution in [-0.2, 0) is 6.18 Å². The number of rotatable bonds is 2. The summed E-state index contributed by atoms with van der Waals surface area (Å²) in [6.45, 7) is 0. The Hall–Kier alpha value is -0.0800. The van der Waals surface area contributed by atoms with Crippen LogP contribution in [0.4, 0.5) is 13.2 Å². The van der Waals surface area contributed by atoms with Crippen LogP contribution in [0.2, 0.25) is 5.02 Å². The summed E-state index contributed by atoms with van der Waals surface area (Å²) in [5, 5.41) is 10.6. The lowest BCUT2D eigenvalue weighted by atomic mass is 10.0. The number of alkyl halides is 3. The van der Waals surface area contributed by atoms with E-state index < -0.39 is 17.8 Å². The molecule has 2 rings (SSSR count). The minimum Gasteiger partial charge on any atom is -0.383 e. The van der Waals surface area contributed by atoms with Gasteiger partial charge in [0.2, 0.25) is 0 Å². The van der Waals surface area contributed by atoms with Gasteiger partial charge < -0.3 is 5.11 Å². The second-order valence-electron chi connectivity index (χ2n) is 3.91. The van der Waals surface area contributed by atoms with E-state index in [1.165, 1.54) is 23.5 Å². The van der Waals surface area contributed by atoms with Gasteiger partial charge in [-0.15, -0.1) is 11.3 Å². The molecule has 0 amide bonds. The molecule has 8 heteroatoms. The fourth-order valence-electron chi connectivity index (χ4n) is 1.58. The normalized spacial score (nSPS) is 13.6. The van der Waals surface area contributed by atoms with Crippen molar-refractivity contribution in [3.05, 3.63) is 53.6 Å². The minimum atomic E-state index is -4.46. The van der Waals surface area contributed by atoms with E-state index in [2.05, 4.69) is 31.9 Å². The Morgan fingerprint density at radius 1 is 1.20 bits per heavy atom. The Kier molecular flexibility index (Phi) is 4.86. The number of benzene rings is 1. The summed E-state index contributed by atoms with van der Waals surface area (Å²) in [6, 6.07) is 4.67. The predicted octanol–water partition coefficient (Wildman–Crippen LogP) is 6.03. The molecule has 1 atom stereocenters. The molecule has 0 saturated heterocycles. The van der Waals surface area contributed by atoms with Crippen LogP contribution in [0.25, 0.3) is 0 Å². The molecular formula is C12H6Br2ClF3OS. The van der Waals surface area contributed by atoms with E-state index in [0.29, 0.717) is 18.2 Å². The van der Waals surface area contributed by atoms with E-state index in [4.69, 9.17) is 11.6 Å². The molecule has 1 heterocycles. The van der Waals surface area contributed by atoms with Crippen molar-refractivity contribution in [2.75, 3.05) is 0 Å². The summed E-state index contributed by atoms with van der Waals surface area (Å²) in [7, 11) is 0. The Morgan fingerprint density at radius 3 is 2.35 bits per heavy atom. The average Bonchev–Trinajstić information content (AvgIpc) is 2.68. The predicted molar refractivity (Wildman–Crippen MR) is 80.2 cm³/mol. The van der Waals surface area contributed by atoms with Crippen LogP contribution < -0.4 is 0 Å². The van der Waals surface area contributed by atoms with Gasteiger partial charge in [-0.3, -0.25) is 0 Å². The quantitative estimate of drug-likeness (QED) is 0.593. The lowest BCUT2D eigenvalue weighted by Gasteiger charge is -2.14. The van der Waals surface area contributed by atoms with Crippen molar-refractivity contribution in [3.63, 3.8) is 0 Å². The maximum atomic E-state index is 12.7. The number of hydrogen-bond acceptors (Lipinski definition) is 2. The fourth-order valence-corrected chi connectivity index (χ4v) is 3.80. The minimum absolute atomic E-state index is 0.144. The van der Waals surface area contributed by atoms with E-state index in [9.17, 15) is 18.3 Å². The first kappa shape index (κ1) is 16.3. The van der Waals surface area contributed by atoms with Crippen molar-refractivity contribution in [1.82, 2.24) is 0 Å². The summed E-state index contributed by atoms with van der Waals surface area (Å²) in [5.74, 6) is 0. The third-order valence-electron chi connectivity index (χ3n) is 2.55. The van der Waals surface area contributed by atoms with Crippen LogP contribution in [0.15, 0.2) is 32.5 Å². The van der Waals surface area contributed by atoms with Gasteiger partial charge in [0, 0.05) is 14.9 Å². The van der Waals surface area contributed by atoms with Gasteiger partial charge >= 0.3 is 6.18 Å². The van der Waals surface area contributed by atoms with Crippen molar-refractivity contribution < 1.29 is 18.3 Å². The van der Waals surface area contributed by atoms with Crippen LogP contribution >= 0.6 is 54.8 Å². The third-order valence-corrected chi connectivity index (χ3v) is 5.80. The Labute approximate surface area is 138 Å². The van der Waals surface area contributed by atoms with E-state index in [-0.39, 0.29) is 5.56 Å². The highest BCUT2D eigenvalue weighted by atomic mass is 79.9. The zero-order valence-corrected chi connectivity index (χ0v) is 14.3. The first-order valence-corrected chi connectivity index (χ1v) is 7.97. The van der Waals surface area contributed by atoms with Gasteiger partial charge in [-0.25, -0.2) is 0 Å². The van der Waals surface area contributed by atoms with E-state index >= 15 is 0 Å². The van der Waals surface area contributed by atoms with E-state index in [0.717, 1.165) is 12.1 Å². The van der Waals surface area contributed by atoms with Gasteiger partial charge in [0.25, 0.3) is 0 Å². The highest BCUT2D eigenvalue weighted by Crippen LogP contribution is 2.40. The molecular weight excluding hydrogens is 444 g/mol. The molecule has 0 spiro atoms. The topological polar surface area (TPSA) is 20.2 Å². The molecule has 0 aliphatic rings. The fraction of sp³-hybridized carbons (Fsp3) is 0.167. The zero-order chi connectivity index (χ0) is 15.1. The standard InChI is InChI=1S/C12H6Br2ClF3OS/c13-7-2-1-5(12(16,17)18)3-6(7)10(19)9-4-8(15)11(14)20-9/h1-4,10,19H. The molecule has 0 radical (unpaired) electrons. The maximum absolute atomic E-state index is 12.7. The Morgan fingerprint density at radius 2 is 1.85 bits per heavy atom. The van der Waals surface area contributed by atoms with Gasteiger partial charge in [-0.2, -0.15) is 13.2 Å². The lowest BCUT2D eigenvalue weighted by molar-refractivity contribution is -0.137.